The van der Waals surface area contributed by atoms with Crippen LogP contribution in [0.15, 0.2) is 78.9 Å². The van der Waals surface area contributed by atoms with Gasteiger partial charge in [0, 0.05) is 11.1 Å². The van der Waals surface area contributed by atoms with Crippen molar-refractivity contribution in [1.29, 1.82) is 0 Å². The van der Waals surface area contributed by atoms with E-state index in [0.29, 0.717) is 17.0 Å². The zero-order valence-corrected chi connectivity index (χ0v) is 14.8. The van der Waals surface area contributed by atoms with Gasteiger partial charge in [-0.15, -0.1) is 0 Å². The van der Waals surface area contributed by atoms with Crippen molar-refractivity contribution in [3.63, 3.8) is 0 Å². The molecule has 0 heterocycles. The highest BCUT2D eigenvalue weighted by Crippen LogP contribution is 2.21. The van der Waals surface area contributed by atoms with E-state index in [0.717, 1.165) is 5.56 Å². The van der Waals surface area contributed by atoms with Crippen molar-refractivity contribution in [3.05, 3.63) is 95.6 Å². The molecule has 1 N–H and O–H groups in total. The molecule has 1 amide bonds. The van der Waals surface area contributed by atoms with Gasteiger partial charge in [0.25, 0.3) is 5.91 Å². The molecule has 0 fully saturated rings. The van der Waals surface area contributed by atoms with E-state index in [1.807, 2.05) is 24.3 Å². The first-order valence-corrected chi connectivity index (χ1v) is 8.43. The number of esters is 1. The Morgan fingerprint density at radius 1 is 0.852 bits per heavy atom. The Balaban J connectivity index is 1.73. The van der Waals surface area contributed by atoms with E-state index >= 15 is 0 Å². The average molecular weight is 361 g/mol. The van der Waals surface area contributed by atoms with E-state index in [1.54, 1.807) is 61.7 Å². The maximum Gasteiger partial charge on any atom is 0.340 e. The Bertz CT molecular complexity index is 938. The molecule has 0 aliphatic rings. The van der Waals surface area contributed by atoms with E-state index in [2.05, 4.69) is 5.32 Å². The number of amides is 1. The van der Waals surface area contributed by atoms with Crippen LogP contribution in [0.2, 0.25) is 0 Å². The van der Waals surface area contributed by atoms with Crippen molar-refractivity contribution in [2.24, 2.45) is 0 Å². The van der Waals surface area contributed by atoms with Gasteiger partial charge in [0.15, 0.2) is 0 Å². The summed E-state index contributed by atoms with van der Waals surface area (Å²) in [6.07, 6.45) is 0. The summed E-state index contributed by atoms with van der Waals surface area (Å²) in [4.78, 5) is 24.9. The molecule has 0 aromatic heterocycles. The molecule has 3 aromatic carbocycles. The monoisotopic (exact) mass is 361 g/mol. The molecule has 3 aromatic rings. The second-order valence-electron chi connectivity index (χ2n) is 5.75. The Morgan fingerprint density at radius 2 is 1.52 bits per heavy atom. The number of ether oxygens (including phenoxy) is 2. The quantitative estimate of drug-likeness (QED) is 0.665. The van der Waals surface area contributed by atoms with Crippen LogP contribution < -0.4 is 10.1 Å². The lowest BCUT2D eigenvalue weighted by atomic mass is 10.1. The van der Waals surface area contributed by atoms with Gasteiger partial charge in [0.2, 0.25) is 0 Å². The Morgan fingerprint density at radius 3 is 2.30 bits per heavy atom. The largest absolute Gasteiger partial charge is 0.496 e. The van der Waals surface area contributed by atoms with Crippen molar-refractivity contribution in [2.45, 2.75) is 6.61 Å². The molecule has 27 heavy (non-hydrogen) atoms. The molecule has 0 unspecified atom stereocenters. The molecule has 0 radical (unpaired) electrons. The number of carbonyl (C=O) groups is 2. The minimum Gasteiger partial charge on any atom is -0.496 e. The maximum absolute atomic E-state index is 12.5. The zero-order chi connectivity index (χ0) is 19.1. The van der Waals surface area contributed by atoms with Crippen LogP contribution in [-0.4, -0.2) is 19.0 Å². The molecule has 0 aliphatic heterocycles. The number of anilines is 1. The molecule has 5 heteroatoms. The fourth-order valence-corrected chi connectivity index (χ4v) is 2.60. The first-order chi connectivity index (χ1) is 13.2. The highest BCUT2D eigenvalue weighted by Gasteiger charge is 2.16. The number of carbonyl (C=O) groups excluding carboxylic acids is 2. The van der Waals surface area contributed by atoms with Crippen LogP contribution in [0.25, 0.3) is 0 Å². The van der Waals surface area contributed by atoms with E-state index in [4.69, 9.17) is 9.47 Å². The number of rotatable bonds is 6. The van der Waals surface area contributed by atoms with E-state index in [-0.39, 0.29) is 18.1 Å². The summed E-state index contributed by atoms with van der Waals surface area (Å²) < 4.78 is 10.7. The highest BCUT2D eigenvalue weighted by molar-refractivity contribution is 6.07. The van der Waals surface area contributed by atoms with Gasteiger partial charge in [-0.2, -0.15) is 0 Å². The third kappa shape index (κ3) is 4.52. The topological polar surface area (TPSA) is 64.6 Å². The molecular formula is C22H19NO4. The third-order valence-electron chi connectivity index (χ3n) is 3.98. The third-order valence-corrected chi connectivity index (χ3v) is 3.98. The van der Waals surface area contributed by atoms with E-state index in [9.17, 15) is 9.59 Å². The van der Waals surface area contributed by atoms with Crippen LogP contribution in [-0.2, 0) is 11.3 Å². The molecule has 3 rings (SSSR count). The van der Waals surface area contributed by atoms with Crippen molar-refractivity contribution in [1.82, 2.24) is 0 Å². The number of hydrogen-bond donors (Lipinski definition) is 1. The summed E-state index contributed by atoms with van der Waals surface area (Å²) in [5, 5.41) is 2.76. The highest BCUT2D eigenvalue weighted by atomic mass is 16.5. The standard InChI is InChI=1S/C22H19NO4/c1-26-20-14-8-5-11-17(20)15-27-22(25)18-12-6-7-13-19(18)23-21(24)16-9-3-2-4-10-16/h2-14H,15H2,1H3,(H,23,24). The van der Waals surface area contributed by atoms with Crippen LogP contribution in [0, 0.1) is 0 Å². The molecule has 0 atom stereocenters. The van der Waals surface area contributed by atoms with E-state index in [1.165, 1.54) is 0 Å². The molecular weight excluding hydrogens is 342 g/mol. The molecule has 0 saturated carbocycles. The summed E-state index contributed by atoms with van der Waals surface area (Å²) >= 11 is 0. The Kier molecular flexibility index (Phi) is 5.84. The Labute approximate surface area is 157 Å². The van der Waals surface area contributed by atoms with Gasteiger partial charge in [-0.1, -0.05) is 48.5 Å². The van der Waals surface area contributed by atoms with Crippen LogP contribution >= 0.6 is 0 Å². The molecule has 136 valence electrons. The molecule has 0 bridgehead atoms. The fraction of sp³-hybridized carbons (Fsp3) is 0.0909. The minimum absolute atomic E-state index is 0.0732. The summed E-state index contributed by atoms with van der Waals surface area (Å²) in [6.45, 7) is 0.0732. The number of nitrogens with one attached hydrogen (secondary N) is 1. The number of para-hydroxylation sites is 2. The lowest BCUT2D eigenvalue weighted by Crippen LogP contribution is -2.15. The fourth-order valence-electron chi connectivity index (χ4n) is 2.60. The molecule has 5 nitrogen and oxygen atoms in total. The summed E-state index contributed by atoms with van der Waals surface area (Å²) in [5.41, 5.74) is 1.96. The second-order valence-corrected chi connectivity index (χ2v) is 5.75. The predicted molar refractivity (Wildman–Crippen MR) is 103 cm³/mol. The van der Waals surface area contributed by atoms with Crippen molar-refractivity contribution >= 4 is 17.6 Å². The lowest BCUT2D eigenvalue weighted by Gasteiger charge is -2.12. The van der Waals surface area contributed by atoms with Gasteiger partial charge in [-0.05, 0) is 30.3 Å². The summed E-state index contributed by atoms with van der Waals surface area (Å²) in [5.74, 6) is -0.165. The first-order valence-electron chi connectivity index (χ1n) is 8.43. The van der Waals surface area contributed by atoms with Crippen LogP contribution in [0.3, 0.4) is 0 Å². The van der Waals surface area contributed by atoms with Crippen molar-refractivity contribution < 1.29 is 19.1 Å². The Hall–Kier alpha value is -3.60. The number of hydrogen-bond acceptors (Lipinski definition) is 4. The van der Waals surface area contributed by atoms with E-state index < -0.39 is 5.97 Å². The van der Waals surface area contributed by atoms with Crippen LogP contribution in [0.4, 0.5) is 5.69 Å². The SMILES string of the molecule is COc1ccccc1COC(=O)c1ccccc1NC(=O)c1ccccc1. The smallest absolute Gasteiger partial charge is 0.340 e. The van der Waals surface area contributed by atoms with Crippen LogP contribution in [0.1, 0.15) is 26.3 Å². The summed E-state index contributed by atoms with van der Waals surface area (Å²) in [6, 6.07) is 22.9. The average Bonchev–Trinajstić information content (AvgIpc) is 2.73. The number of methoxy groups -OCH3 is 1. The van der Waals surface area contributed by atoms with Gasteiger partial charge >= 0.3 is 5.97 Å². The minimum atomic E-state index is -0.523. The zero-order valence-electron chi connectivity index (χ0n) is 14.8. The first kappa shape index (κ1) is 18.2. The van der Waals surface area contributed by atoms with Gasteiger partial charge in [-0.3, -0.25) is 4.79 Å². The van der Waals surface area contributed by atoms with Crippen molar-refractivity contribution in [2.75, 3.05) is 12.4 Å². The molecule has 0 saturated heterocycles. The molecule has 0 spiro atoms. The van der Waals surface area contributed by atoms with Gasteiger partial charge < -0.3 is 14.8 Å². The second kappa shape index (κ2) is 8.67. The van der Waals surface area contributed by atoms with Gasteiger partial charge in [0.1, 0.15) is 12.4 Å². The van der Waals surface area contributed by atoms with Gasteiger partial charge in [0.05, 0.1) is 18.4 Å². The molecule has 0 aliphatic carbocycles. The van der Waals surface area contributed by atoms with Crippen LogP contribution in [0.5, 0.6) is 5.75 Å². The normalized spacial score (nSPS) is 10.1. The maximum atomic E-state index is 12.5. The summed E-state index contributed by atoms with van der Waals surface area (Å²) in [7, 11) is 1.56. The predicted octanol–water partition coefficient (Wildman–Crippen LogP) is 4.30. The number of benzene rings is 3. The lowest BCUT2D eigenvalue weighted by molar-refractivity contribution is 0.0471. The van der Waals surface area contributed by atoms with Crippen molar-refractivity contribution in [3.8, 4) is 5.75 Å². The van der Waals surface area contributed by atoms with Gasteiger partial charge in [-0.25, -0.2) is 4.79 Å².